The predicted octanol–water partition coefficient (Wildman–Crippen LogP) is 0.660. The van der Waals surface area contributed by atoms with Crippen LogP contribution in [-0.2, 0) is 28.4 Å². The number of carbonyl (C=O) groups is 2. The van der Waals surface area contributed by atoms with Crippen molar-refractivity contribution in [1.82, 2.24) is 19.4 Å². The molecule has 0 saturated heterocycles. The Morgan fingerprint density at radius 1 is 1.33 bits per heavy atom. The first-order valence-corrected chi connectivity index (χ1v) is 10.1. The largest absolute Gasteiger partial charge is 0.351 e. The maximum Gasteiger partial charge on any atom is 0.351 e. The molecule has 0 spiro atoms. The van der Waals surface area contributed by atoms with Crippen LogP contribution in [0.1, 0.15) is 25.3 Å². The third-order valence-electron chi connectivity index (χ3n) is 4.82. The third-order valence-corrected chi connectivity index (χ3v) is 6.61. The number of allylic oxidation sites excluding steroid dienone is 1. The average Bonchev–Trinajstić information content (AvgIpc) is 3.16. The van der Waals surface area contributed by atoms with Gasteiger partial charge in [0.25, 0.3) is 5.91 Å². The molecule has 1 saturated carbocycles. The van der Waals surface area contributed by atoms with Gasteiger partial charge in [0.1, 0.15) is 5.25 Å². The van der Waals surface area contributed by atoms with E-state index in [2.05, 4.69) is 14.8 Å². The summed E-state index contributed by atoms with van der Waals surface area (Å²) in [6, 6.07) is -0.675. The lowest BCUT2D eigenvalue weighted by atomic mass is 10.0. The van der Waals surface area contributed by atoms with Gasteiger partial charge in [-0.15, -0.1) is 0 Å². The topological polar surface area (TPSA) is 114 Å². The molecule has 3 amide bonds. The van der Waals surface area contributed by atoms with Gasteiger partial charge in [0.15, 0.2) is 0 Å². The zero-order valence-corrected chi connectivity index (χ0v) is 15.7. The minimum absolute atomic E-state index is 0.0249. The van der Waals surface area contributed by atoms with Crippen molar-refractivity contribution in [3.63, 3.8) is 0 Å². The molecular formula is C17H19N5O4S. The van der Waals surface area contributed by atoms with E-state index in [1.54, 1.807) is 24.1 Å². The zero-order chi connectivity index (χ0) is 19.4. The van der Waals surface area contributed by atoms with E-state index < -0.39 is 32.8 Å². The standard InChI is InChI=1S/C17H19N5O4S/c1-17(5-6-17)20-27(25,26)12-3-4-14-13(7-12)15(23)22(16(24)19-14)10-11-8-18-21(2)9-11/h3-4,7-9,12,20H,5-6,10H2,1-2H3. The van der Waals surface area contributed by atoms with Crippen molar-refractivity contribution in [1.29, 1.82) is 0 Å². The highest BCUT2D eigenvalue weighted by Crippen LogP contribution is 2.36. The SMILES string of the molecule is Cn1cc(CN2C(=O)N=C3C=CC(S(=O)(=O)NC4(C)CC4)C=C3C2=O)cn1. The lowest BCUT2D eigenvalue weighted by molar-refractivity contribution is -0.124. The molecule has 1 aromatic rings. The van der Waals surface area contributed by atoms with Gasteiger partial charge in [0, 0.05) is 24.3 Å². The van der Waals surface area contributed by atoms with Crippen LogP contribution >= 0.6 is 0 Å². The molecule has 27 heavy (non-hydrogen) atoms. The first kappa shape index (κ1) is 17.8. The number of aryl methyl sites for hydroxylation is 1. The first-order chi connectivity index (χ1) is 12.7. The molecule has 1 fully saturated rings. The van der Waals surface area contributed by atoms with E-state index in [0.29, 0.717) is 5.56 Å². The molecule has 0 aromatic carbocycles. The molecule has 1 atom stereocenters. The molecule has 1 N–H and O–H groups in total. The number of imide groups is 1. The van der Waals surface area contributed by atoms with Gasteiger partial charge < -0.3 is 0 Å². The van der Waals surface area contributed by atoms with Crippen LogP contribution in [0.25, 0.3) is 0 Å². The van der Waals surface area contributed by atoms with E-state index in [1.807, 2.05) is 6.92 Å². The van der Waals surface area contributed by atoms with Crippen molar-refractivity contribution in [2.24, 2.45) is 12.0 Å². The number of fused-ring (bicyclic) bond motifs is 1. The number of aromatic nitrogens is 2. The molecule has 3 aliphatic rings. The van der Waals surface area contributed by atoms with Crippen molar-refractivity contribution < 1.29 is 18.0 Å². The number of nitrogens with one attached hydrogen (secondary N) is 1. The van der Waals surface area contributed by atoms with E-state index in [1.165, 1.54) is 18.2 Å². The smallest absolute Gasteiger partial charge is 0.275 e. The van der Waals surface area contributed by atoms with Crippen LogP contribution in [0.4, 0.5) is 4.79 Å². The second-order valence-electron chi connectivity index (χ2n) is 7.30. The lowest BCUT2D eigenvalue weighted by Gasteiger charge is -2.27. The van der Waals surface area contributed by atoms with Crippen molar-refractivity contribution in [3.8, 4) is 0 Å². The summed E-state index contributed by atoms with van der Waals surface area (Å²) in [5.74, 6) is -0.559. The number of carbonyl (C=O) groups excluding carboxylic acids is 2. The van der Waals surface area contributed by atoms with Crippen LogP contribution in [0.2, 0.25) is 0 Å². The summed E-state index contributed by atoms with van der Waals surface area (Å²) >= 11 is 0. The zero-order valence-electron chi connectivity index (χ0n) is 14.9. The van der Waals surface area contributed by atoms with Crippen molar-refractivity contribution in [3.05, 3.63) is 41.8 Å². The number of urea groups is 1. The monoisotopic (exact) mass is 389 g/mol. The molecule has 0 radical (unpaired) electrons. The highest BCUT2D eigenvalue weighted by Gasteiger charge is 2.43. The van der Waals surface area contributed by atoms with Gasteiger partial charge in [-0.3, -0.25) is 14.4 Å². The molecule has 9 nitrogen and oxygen atoms in total. The molecule has 2 heterocycles. The summed E-state index contributed by atoms with van der Waals surface area (Å²) in [4.78, 5) is 30.0. The van der Waals surface area contributed by atoms with Crippen LogP contribution in [0.3, 0.4) is 0 Å². The Hall–Kier alpha value is -2.59. The second-order valence-corrected chi connectivity index (χ2v) is 9.14. The fourth-order valence-corrected chi connectivity index (χ4v) is 4.65. The number of hydrogen-bond donors (Lipinski definition) is 1. The molecule has 10 heteroatoms. The Kier molecular flexibility index (Phi) is 3.93. The Balaban J connectivity index is 1.61. The Morgan fingerprint density at radius 2 is 2.07 bits per heavy atom. The molecule has 142 valence electrons. The van der Waals surface area contributed by atoms with E-state index in [4.69, 9.17) is 0 Å². The van der Waals surface area contributed by atoms with E-state index in [-0.39, 0.29) is 17.8 Å². The van der Waals surface area contributed by atoms with Gasteiger partial charge in [-0.2, -0.15) is 10.1 Å². The lowest BCUT2D eigenvalue weighted by Crippen LogP contribution is -2.44. The maximum atomic E-state index is 12.8. The normalized spacial score (nSPS) is 23.8. The van der Waals surface area contributed by atoms with Crippen LogP contribution in [0.5, 0.6) is 0 Å². The van der Waals surface area contributed by atoms with Gasteiger partial charge in [-0.05, 0) is 31.9 Å². The molecule has 0 bridgehead atoms. The number of sulfonamides is 1. The molecule has 2 aliphatic carbocycles. The minimum atomic E-state index is -3.68. The van der Waals surface area contributed by atoms with Crippen LogP contribution in [0.15, 0.2) is 41.2 Å². The van der Waals surface area contributed by atoms with Gasteiger partial charge in [0.2, 0.25) is 10.0 Å². The maximum absolute atomic E-state index is 12.8. The summed E-state index contributed by atoms with van der Waals surface area (Å²) in [6.45, 7) is 1.87. The van der Waals surface area contributed by atoms with E-state index in [0.717, 1.165) is 17.7 Å². The molecule has 1 aliphatic heterocycles. The molecule has 4 rings (SSSR count). The van der Waals surface area contributed by atoms with Gasteiger partial charge in [-0.1, -0.05) is 6.08 Å². The Bertz CT molecular complexity index is 1030. The fraction of sp³-hybridized carbons (Fsp3) is 0.412. The number of amides is 3. The van der Waals surface area contributed by atoms with Gasteiger partial charge in [-0.25, -0.2) is 17.9 Å². The van der Waals surface area contributed by atoms with Crippen molar-refractivity contribution >= 4 is 27.7 Å². The highest BCUT2D eigenvalue weighted by molar-refractivity contribution is 7.90. The van der Waals surface area contributed by atoms with Gasteiger partial charge >= 0.3 is 6.03 Å². The summed E-state index contributed by atoms with van der Waals surface area (Å²) in [5, 5.41) is 3.03. The van der Waals surface area contributed by atoms with Crippen molar-refractivity contribution in [2.75, 3.05) is 0 Å². The van der Waals surface area contributed by atoms with Crippen molar-refractivity contribution in [2.45, 2.75) is 37.1 Å². The Labute approximate surface area is 156 Å². The second kappa shape index (κ2) is 5.96. The molecular weight excluding hydrogens is 370 g/mol. The third kappa shape index (κ3) is 3.37. The van der Waals surface area contributed by atoms with E-state index >= 15 is 0 Å². The van der Waals surface area contributed by atoms with Crippen LogP contribution in [0, 0.1) is 0 Å². The summed E-state index contributed by atoms with van der Waals surface area (Å²) < 4.78 is 29.5. The van der Waals surface area contributed by atoms with Crippen LogP contribution in [-0.4, -0.2) is 51.5 Å². The summed E-state index contributed by atoms with van der Waals surface area (Å²) in [5.41, 5.74) is 0.587. The minimum Gasteiger partial charge on any atom is -0.275 e. The Morgan fingerprint density at radius 3 is 2.70 bits per heavy atom. The number of rotatable bonds is 5. The molecule has 1 unspecified atom stereocenters. The quantitative estimate of drug-likeness (QED) is 0.795. The predicted molar refractivity (Wildman–Crippen MR) is 97.3 cm³/mol. The fourth-order valence-electron chi connectivity index (χ4n) is 3.02. The summed E-state index contributed by atoms with van der Waals surface area (Å²) in [6.07, 6.45) is 9.05. The van der Waals surface area contributed by atoms with Crippen LogP contribution < -0.4 is 4.72 Å². The first-order valence-electron chi connectivity index (χ1n) is 8.52. The number of nitrogens with zero attached hydrogens (tertiary/aromatic N) is 4. The molecule has 1 aromatic heterocycles. The number of hydrogen-bond acceptors (Lipinski definition) is 5. The summed E-state index contributed by atoms with van der Waals surface area (Å²) in [7, 11) is -1.94. The number of aliphatic imine (C=N–C) groups is 1. The highest BCUT2D eigenvalue weighted by atomic mass is 32.2. The van der Waals surface area contributed by atoms with E-state index in [9.17, 15) is 18.0 Å². The van der Waals surface area contributed by atoms with Gasteiger partial charge in [0.05, 0.1) is 24.0 Å². The average molecular weight is 389 g/mol.